The Kier molecular flexibility index (Phi) is 8.13. The van der Waals surface area contributed by atoms with Gasteiger partial charge in [-0.15, -0.1) is 4.52 Å². The fourth-order valence-electron chi connectivity index (χ4n) is 0.797. The number of rotatable bonds is 7. The van der Waals surface area contributed by atoms with Gasteiger partial charge in [0.2, 0.25) is 0 Å². The van der Waals surface area contributed by atoms with E-state index in [-0.39, 0.29) is 0 Å². The van der Waals surface area contributed by atoms with Crippen molar-refractivity contribution in [2.24, 2.45) is 0 Å². The van der Waals surface area contributed by atoms with Gasteiger partial charge in [0, 0.05) is 0 Å². The lowest BCUT2D eigenvalue weighted by atomic mass is 10.2. The standard InChI is InChI=1S/C7H16O3P/c1-2-3-4-5-6-11(9)10-7-8/h8H,2-7H2,1H3/q+1. The fraction of sp³-hybridized carbons (Fsp3) is 1.00. The molecule has 0 heterocycles. The molecular weight excluding hydrogens is 163 g/mol. The third-order valence-electron chi connectivity index (χ3n) is 1.40. The number of hydrogen-bond acceptors (Lipinski definition) is 3. The van der Waals surface area contributed by atoms with Gasteiger partial charge in [-0.3, -0.25) is 0 Å². The van der Waals surface area contributed by atoms with Crippen LogP contribution >= 0.6 is 8.03 Å². The van der Waals surface area contributed by atoms with Gasteiger partial charge in [-0.1, -0.05) is 19.8 Å². The van der Waals surface area contributed by atoms with E-state index in [4.69, 9.17) is 5.11 Å². The molecule has 1 atom stereocenters. The minimum atomic E-state index is -1.60. The van der Waals surface area contributed by atoms with Gasteiger partial charge in [0.1, 0.15) is 0 Å². The molecule has 0 fully saturated rings. The fourth-order valence-corrected chi connectivity index (χ4v) is 1.54. The van der Waals surface area contributed by atoms with Crippen molar-refractivity contribution < 1.29 is 14.2 Å². The minimum Gasteiger partial charge on any atom is -0.367 e. The van der Waals surface area contributed by atoms with Gasteiger partial charge in [-0.25, -0.2) is 0 Å². The quantitative estimate of drug-likeness (QED) is 0.370. The maximum atomic E-state index is 10.8. The van der Waals surface area contributed by atoms with Crippen molar-refractivity contribution in [2.75, 3.05) is 13.0 Å². The van der Waals surface area contributed by atoms with E-state index in [1.165, 1.54) is 12.8 Å². The molecule has 11 heavy (non-hydrogen) atoms. The molecule has 1 unspecified atom stereocenters. The first-order valence-corrected chi connectivity index (χ1v) is 5.36. The summed E-state index contributed by atoms with van der Waals surface area (Å²) in [6.07, 6.45) is 4.98. The lowest BCUT2D eigenvalue weighted by Gasteiger charge is -1.90. The Hall–Kier alpha value is 0.0200. The van der Waals surface area contributed by atoms with Crippen LogP contribution < -0.4 is 0 Å². The Morgan fingerprint density at radius 3 is 2.64 bits per heavy atom. The maximum Gasteiger partial charge on any atom is 0.510 e. The van der Waals surface area contributed by atoms with Crippen molar-refractivity contribution in [3.8, 4) is 0 Å². The molecule has 0 saturated heterocycles. The highest BCUT2D eigenvalue weighted by atomic mass is 31.1. The van der Waals surface area contributed by atoms with Crippen LogP contribution in [0.4, 0.5) is 0 Å². The van der Waals surface area contributed by atoms with Crippen LogP contribution in [0.25, 0.3) is 0 Å². The van der Waals surface area contributed by atoms with Gasteiger partial charge >= 0.3 is 8.03 Å². The molecule has 0 rings (SSSR count). The highest BCUT2D eigenvalue weighted by molar-refractivity contribution is 7.39. The van der Waals surface area contributed by atoms with E-state index in [1.807, 2.05) is 0 Å². The molecule has 0 spiro atoms. The van der Waals surface area contributed by atoms with E-state index in [0.717, 1.165) is 12.8 Å². The summed E-state index contributed by atoms with van der Waals surface area (Å²) in [6.45, 7) is 1.70. The Morgan fingerprint density at radius 1 is 1.36 bits per heavy atom. The smallest absolute Gasteiger partial charge is 0.367 e. The summed E-state index contributed by atoms with van der Waals surface area (Å²) < 4.78 is 15.3. The van der Waals surface area contributed by atoms with Gasteiger partial charge in [0.05, 0.1) is 0 Å². The second-order valence-electron chi connectivity index (χ2n) is 2.38. The molecule has 0 radical (unpaired) electrons. The Bertz CT molecular complexity index is 106. The number of unbranched alkanes of at least 4 members (excludes halogenated alkanes) is 3. The highest BCUT2D eigenvalue weighted by Crippen LogP contribution is 2.23. The van der Waals surface area contributed by atoms with Gasteiger partial charge in [0.15, 0.2) is 13.0 Å². The van der Waals surface area contributed by atoms with E-state index >= 15 is 0 Å². The van der Waals surface area contributed by atoms with E-state index in [1.54, 1.807) is 0 Å². The van der Waals surface area contributed by atoms with E-state index in [2.05, 4.69) is 11.4 Å². The molecular formula is C7H16O3P+. The second kappa shape index (κ2) is 8.12. The Balaban J connectivity index is 3.04. The van der Waals surface area contributed by atoms with Crippen LogP contribution in [-0.2, 0) is 9.09 Å². The number of aliphatic hydroxyl groups excluding tert-OH is 1. The molecule has 66 valence electrons. The van der Waals surface area contributed by atoms with Gasteiger partial charge in [-0.05, 0) is 17.4 Å². The summed E-state index contributed by atoms with van der Waals surface area (Å²) in [5.74, 6) is 0. The van der Waals surface area contributed by atoms with Crippen molar-refractivity contribution in [3.63, 3.8) is 0 Å². The molecule has 0 aromatic carbocycles. The number of aliphatic hydroxyl groups is 1. The summed E-state index contributed by atoms with van der Waals surface area (Å²) in [5, 5.41) is 8.23. The van der Waals surface area contributed by atoms with Gasteiger partial charge in [0.25, 0.3) is 0 Å². The summed E-state index contributed by atoms with van der Waals surface area (Å²) in [7, 11) is -1.60. The first-order valence-electron chi connectivity index (χ1n) is 3.99. The van der Waals surface area contributed by atoms with Crippen LogP contribution in [0.5, 0.6) is 0 Å². The summed E-state index contributed by atoms with van der Waals surface area (Å²) in [5.41, 5.74) is 0. The third-order valence-corrected chi connectivity index (χ3v) is 2.48. The zero-order chi connectivity index (χ0) is 8.53. The molecule has 3 nitrogen and oxygen atoms in total. The van der Waals surface area contributed by atoms with Crippen LogP contribution in [0, 0.1) is 0 Å². The molecule has 0 saturated carbocycles. The third kappa shape index (κ3) is 7.92. The highest BCUT2D eigenvalue weighted by Gasteiger charge is 2.14. The normalized spacial score (nSPS) is 11.6. The monoisotopic (exact) mass is 179 g/mol. The minimum absolute atomic E-state index is 0.428. The van der Waals surface area contributed by atoms with Gasteiger partial charge in [-0.2, -0.15) is 0 Å². The first-order chi connectivity index (χ1) is 5.31. The zero-order valence-corrected chi connectivity index (χ0v) is 7.85. The van der Waals surface area contributed by atoms with Crippen LogP contribution in [0.3, 0.4) is 0 Å². The molecule has 0 aliphatic carbocycles. The number of hydrogen-bond donors (Lipinski definition) is 1. The molecule has 0 aliphatic heterocycles. The molecule has 0 amide bonds. The van der Waals surface area contributed by atoms with Crippen molar-refractivity contribution in [1.82, 2.24) is 0 Å². The molecule has 0 aromatic heterocycles. The van der Waals surface area contributed by atoms with E-state index in [9.17, 15) is 4.57 Å². The first kappa shape index (κ1) is 11.0. The molecule has 4 heteroatoms. The lowest BCUT2D eigenvalue weighted by Crippen LogP contribution is -1.86. The maximum absolute atomic E-state index is 10.8. The van der Waals surface area contributed by atoms with Crippen LogP contribution in [-0.4, -0.2) is 18.1 Å². The second-order valence-corrected chi connectivity index (χ2v) is 3.75. The van der Waals surface area contributed by atoms with Crippen LogP contribution in [0.2, 0.25) is 0 Å². The molecule has 0 bridgehead atoms. The predicted molar refractivity (Wildman–Crippen MR) is 44.8 cm³/mol. The largest absolute Gasteiger partial charge is 0.510 e. The Morgan fingerprint density at radius 2 is 2.09 bits per heavy atom. The predicted octanol–water partition coefficient (Wildman–Crippen LogP) is 2.28. The SMILES string of the molecule is CCCCCC[P+](=O)OCO. The topological polar surface area (TPSA) is 46.5 Å². The van der Waals surface area contributed by atoms with Crippen molar-refractivity contribution in [1.29, 1.82) is 0 Å². The van der Waals surface area contributed by atoms with Crippen molar-refractivity contribution in [3.05, 3.63) is 0 Å². The zero-order valence-electron chi connectivity index (χ0n) is 6.95. The average molecular weight is 179 g/mol. The van der Waals surface area contributed by atoms with Crippen LogP contribution in [0.1, 0.15) is 32.6 Å². The van der Waals surface area contributed by atoms with Crippen molar-refractivity contribution >= 4 is 8.03 Å². The van der Waals surface area contributed by atoms with E-state index in [0.29, 0.717) is 6.16 Å². The summed E-state index contributed by atoms with van der Waals surface area (Å²) in [4.78, 5) is 0. The van der Waals surface area contributed by atoms with E-state index < -0.39 is 14.8 Å². The van der Waals surface area contributed by atoms with Crippen molar-refractivity contribution in [2.45, 2.75) is 32.6 Å². The summed E-state index contributed by atoms with van der Waals surface area (Å²) >= 11 is 0. The Labute approximate surface area is 68.6 Å². The summed E-state index contributed by atoms with van der Waals surface area (Å²) in [6, 6.07) is 0. The lowest BCUT2D eigenvalue weighted by molar-refractivity contribution is 0.107. The molecule has 1 N–H and O–H groups in total. The van der Waals surface area contributed by atoms with Gasteiger partial charge < -0.3 is 5.11 Å². The average Bonchev–Trinajstić information content (AvgIpc) is 1.99. The van der Waals surface area contributed by atoms with Crippen LogP contribution in [0.15, 0.2) is 0 Å². The molecule has 0 aromatic rings. The molecule has 0 aliphatic rings.